The van der Waals surface area contributed by atoms with E-state index in [0.29, 0.717) is 13.1 Å². The number of alkyl halides is 3. The molecule has 2 aromatic rings. The summed E-state index contributed by atoms with van der Waals surface area (Å²) in [7, 11) is 0. The summed E-state index contributed by atoms with van der Waals surface area (Å²) in [4.78, 5) is 37.2. The fourth-order valence-electron chi connectivity index (χ4n) is 4.21. The van der Waals surface area contributed by atoms with Crippen molar-refractivity contribution in [2.24, 2.45) is 5.92 Å². The highest BCUT2D eigenvalue weighted by atomic mass is 19.4. The molecule has 0 radical (unpaired) electrons. The second kappa shape index (κ2) is 9.51. The van der Waals surface area contributed by atoms with Crippen LogP contribution in [0.1, 0.15) is 30.7 Å². The first-order valence-corrected chi connectivity index (χ1v) is 10.7. The van der Waals surface area contributed by atoms with Gasteiger partial charge in [-0.1, -0.05) is 6.07 Å². The zero-order valence-electron chi connectivity index (χ0n) is 18.1. The third-order valence-corrected chi connectivity index (χ3v) is 5.80. The lowest BCUT2D eigenvalue weighted by Crippen LogP contribution is -2.48. The van der Waals surface area contributed by atoms with Crippen LogP contribution in [0.25, 0.3) is 0 Å². The Bertz CT molecular complexity index is 1140. The first-order valence-electron chi connectivity index (χ1n) is 10.7. The second-order valence-electron chi connectivity index (χ2n) is 8.43. The molecule has 2 aliphatic rings. The van der Waals surface area contributed by atoms with Crippen molar-refractivity contribution in [2.45, 2.75) is 31.5 Å². The maximum absolute atomic E-state index is 14.7. The number of piperidine rings is 1. The molecule has 0 spiro atoms. The Hall–Kier alpha value is -3.70. The molecule has 0 aromatic heterocycles. The Balaban J connectivity index is 1.32. The third kappa shape index (κ3) is 5.87. The van der Waals surface area contributed by atoms with E-state index in [-0.39, 0.29) is 42.1 Å². The number of ether oxygens (including phenoxy) is 1. The summed E-state index contributed by atoms with van der Waals surface area (Å²) in [6.07, 6.45) is -4.78. The van der Waals surface area contributed by atoms with Gasteiger partial charge in [0.2, 0.25) is 17.7 Å². The van der Waals surface area contributed by atoms with Crippen LogP contribution in [0.15, 0.2) is 36.4 Å². The lowest BCUT2D eigenvalue weighted by molar-refractivity contribution is -0.274. The van der Waals surface area contributed by atoms with E-state index in [1.54, 1.807) is 4.90 Å². The number of carbonyl (C=O) groups excluding carboxylic acids is 3. The summed E-state index contributed by atoms with van der Waals surface area (Å²) in [5.74, 6) is -5.12. The smallest absolute Gasteiger partial charge is 0.406 e. The van der Waals surface area contributed by atoms with Gasteiger partial charge in [-0.05, 0) is 30.7 Å². The van der Waals surface area contributed by atoms with Crippen molar-refractivity contribution in [3.05, 3.63) is 53.6 Å². The van der Waals surface area contributed by atoms with Gasteiger partial charge in [-0.2, -0.15) is 0 Å². The Morgan fingerprint density at radius 2 is 1.80 bits per heavy atom. The van der Waals surface area contributed by atoms with Gasteiger partial charge in [0.15, 0.2) is 0 Å². The molecule has 12 heteroatoms. The number of rotatable bonds is 6. The second-order valence-corrected chi connectivity index (χ2v) is 8.43. The predicted molar refractivity (Wildman–Crippen MR) is 114 cm³/mol. The molecule has 2 fully saturated rings. The fourth-order valence-corrected chi connectivity index (χ4v) is 4.21. The molecule has 1 atom stereocenters. The van der Waals surface area contributed by atoms with Gasteiger partial charge in [-0.25, -0.2) is 8.78 Å². The van der Waals surface area contributed by atoms with Crippen LogP contribution >= 0.6 is 0 Å². The molecule has 4 rings (SSSR count). The molecule has 1 unspecified atom stereocenters. The minimum atomic E-state index is -4.85. The molecule has 2 heterocycles. The quantitative estimate of drug-likeness (QED) is 0.468. The van der Waals surface area contributed by atoms with Gasteiger partial charge in [0.25, 0.3) is 0 Å². The van der Waals surface area contributed by atoms with Crippen molar-refractivity contribution in [2.75, 3.05) is 23.3 Å². The standard InChI is InChI=1S/C23H20F5N3O4/c24-17-8-14(9-18(25)21(17)16-4-5-19(32)30-22(16)34)31-10-12(11-31)6-20(33)29-13-2-1-3-15(7-13)35-23(26,27)28/h1-3,7-9,12,16H,4-6,10-11H2,(H,29,33)(H,30,32,34). The number of nitrogens with one attached hydrogen (secondary N) is 2. The number of benzene rings is 2. The van der Waals surface area contributed by atoms with Crippen LogP contribution in [-0.4, -0.2) is 37.2 Å². The highest BCUT2D eigenvalue weighted by molar-refractivity contribution is 6.01. The van der Waals surface area contributed by atoms with Crippen molar-refractivity contribution < 1.29 is 41.1 Å². The van der Waals surface area contributed by atoms with Gasteiger partial charge in [-0.3, -0.25) is 19.7 Å². The predicted octanol–water partition coefficient (Wildman–Crippen LogP) is 3.85. The summed E-state index contributed by atoms with van der Waals surface area (Å²) < 4.78 is 70.2. The average Bonchev–Trinajstić information content (AvgIpc) is 2.70. The summed E-state index contributed by atoms with van der Waals surface area (Å²) >= 11 is 0. The van der Waals surface area contributed by atoms with E-state index in [4.69, 9.17) is 0 Å². The molecule has 2 N–H and O–H groups in total. The van der Waals surface area contributed by atoms with E-state index < -0.39 is 47.4 Å². The summed E-state index contributed by atoms with van der Waals surface area (Å²) in [6.45, 7) is 0.669. The number of anilines is 2. The molecule has 2 aliphatic heterocycles. The molecule has 186 valence electrons. The average molecular weight is 497 g/mol. The molecule has 0 bridgehead atoms. The topological polar surface area (TPSA) is 87.7 Å². The number of halogens is 5. The van der Waals surface area contributed by atoms with Crippen molar-refractivity contribution in [1.29, 1.82) is 0 Å². The van der Waals surface area contributed by atoms with Crippen LogP contribution in [0.2, 0.25) is 0 Å². The van der Waals surface area contributed by atoms with E-state index >= 15 is 0 Å². The Labute approximate surface area is 196 Å². The number of nitrogens with zero attached hydrogens (tertiary/aromatic N) is 1. The largest absolute Gasteiger partial charge is 0.573 e. The van der Waals surface area contributed by atoms with Gasteiger partial charge < -0.3 is 15.0 Å². The molecular weight excluding hydrogens is 477 g/mol. The first-order chi connectivity index (χ1) is 16.5. The maximum atomic E-state index is 14.7. The summed E-state index contributed by atoms with van der Waals surface area (Å²) in [5.41, 5.74) is 0.0118. The molecule has 7 nitrogen and oxygen atoms in total. The van der Waals surface area contributed by atoms with Crippen molar-refractivity contribution >= 4 is 29.1 Å². The number of carbonyl (C=O) groups is 3. The third-order valence-electron chi connectivity index (χ3n) is 5.80. The molecule has 3 amide bonds. The number of amides is 3. The van der Waals surface area contributed by atoms with E-state index in [2.05, 4.69) is 15.4 Å². The fraction of sp³-hybridized carbons (Fsp3) is 0.348. The van der Waals surface area contributed by atoms with Crippen molar-refractivity contribution in [1.82, 2.24) is 5.32 Å². The molecule has 0 saturated carbocycles. The number of hydrogen-bond donors (Lipinski definition) is 2. The zero-order valence-corrected chi connectivity index (χ0v) is 18.1. The molecule has 2 aromatic carbocycles. The Kier molecular flexibility index (Phi) is 6.64. The first kappa shape index (κ1) is 24.4. The van der Waals surface area contributed by atoms with Gasteiger partial charge in [0.1, 0.15) is 17.4 Å². The highest BCUT2D eigenvalue weighted by Crippen LogP contribution is 2.35. The summed E-state index contributed by atoms with van der Waals surface area (Å²) in [5, 5.41) is 4.58. The normalized spacial score (nSPS) is 18.7. The van der Waals surface area contributed by atoms with Crippen LogP contribution in [0.5, 0.6) is 5.75 Å². The van der Waals surface area contributed by atoms with E-state index in [1.165, 1.54) is 12.1 Å². The van der Waals surface area contributed by atoms with E-state index in [1.807, 2.05) is 0 Å². The van der Waals surface area contributed by atoms with Gasteiger partial charge in [0.05, 0.1) is 5.92 Å². The van der Waals surface area contributed by atoms with Crippen LogP contribution < -0.4 is 20.3 Å². The van der Waals surface area contributed by atoms with Crippen LogP contribution in [0.4, 0.5) is 33.3 Å². The zero-order chi connectivity index (χ0) is 25.3. The van der Waals surface area contributed by atoms with Crippen molar-refractivity contribution in [3.8, 4) is 5.75 Å². The molecule has 0 aliphatic carbocycles. The number of imide groups is 1. The Morgan fingerprint density at radius 1 is 1.11 bits per heavy atom. The SMILES string of the molecule is O=C1CCC(c2c(F)cc(N3CC(CC(=O)Nc4cccc(OC(F)(F)F)c4)C3)cc2F)C(=O)N1. The van der Waals surface area contributed by atoms with Crippen LogP contribution in [0, 0.1) is 17.6 Å². The minimum absolute atomic E-state index is 0.00739. The summed E-state index contributed by atoms with van der Waals surface area (Å²) in [6, 6.07) is 7.12. The highest BCUT2D eigenvalue weighted by Gasteiger charge is 2.35. The number of hydrogen-bond acceptors (Lipinski definition) is 5. The van der Waals surface area contributed by atoms with Gasteiger partial charge in [-0.15, -0.1) is 13.2 Å². The lowest BCUT2D eigenvalue weighted by atomic mass is 9.89. The molecular formula is C23H20F5N3O4. The Morgan fingerprint density at radius 3 is 2.43 bits per heavy atom. The van der Waals surface area contributed by atoms with Crippen LogP contribution in [0.3, 0.4) is 0 Å². The minimum Gasteiger partial charge on any atom is -0.406 e. The maximum Gasteiger partial charge on any atom is 0.573 e. The van der Waals surface area contributed by atoms with E-state index in [9.17, 15) is 36.3 Å². The van der Waals surface area contributed by atoms with E-state index in [0.717, 1.165) is 24.3 Å². The monoisotopic (exact) mass is 497 g/mol. The van der Waals surface area contributed by atoms with Gasteiger partial charge >= 0.3 is 6.36 Å². The van der Waals surface area contributed by atoms with Crippen LogP contribution in [-0.2, 0) is 14.4 Å². The van der Waals surface area contributed by atoms with Crippen molar-refractivity contribution in [3.63, 3.8) is 0 Å². The molecule has 35 heavy (non-hydrogen) atoms. The lowest BCUT2D eigenvalue weighted by Gasteiger charge is -2.41. The molecule has 2 saturated heterocycles. The van der Waals surface area contributed by atoms with Gasteiger partial charge in [0, 0.05) is 54.9 Å².